The second kappa shape index (κ2) is 6.66. The van der Waals surface area contributed by atoms with Gasteiger partial charge in [0.05, 0.1) is 13.2 Å². The lowest BCUT2D eigenvalue weighted by atomic mass is 10.0. The zero-order valence-electron chi connectivity index (χ0n) is 13.6. The molecule has 2 aliphatic heterocycles. The number of H-pyrrole nitrogens is 1. The molecule has 2 fully saturated rings. The Kier molecular flexibility index (Phi) is 4.76. The maximum atomic E-state index is 13.3. The summed E-state index contributed by atoms with van der Waals surface area (Å²) < 4.78 is 45.4. The maximum Gasteiger partial charge on any atom is 0.408 e. The van der Waals surface area contributed by atoms with Crippen molar-refractivity contribution >= 4 is 11.5 Å². The highest BCUT2D eigenvalue weighted by Gasteiger charge is 2.45. The van der Waals surface area contributed by atoms with Crippen LogP contribution in [0.5, 0.6) is 0 Å². The molecule has 1 aromatic rings. The lowest BCUT2D eigenvalue weighted by Crippen LogP contribution is -2.49. The lowest BCUT2D eigenvalue weighted by Gasteiger charge is -2.39. The molecular weight excluding hydrogens is 323 g/mol. The van der Waals surface area contributed by atoms with E-state index in [2.05, 4.69) is 4.98 Å². The Balaban J connectivity index is 1.94. The number of aromatic amines is 1. The number of halogens is 3. The summed E-state index contributed by atoms with van der Waals surface area (Å²) in [5, 5.41) is 0. The number of anilines is 2. The van der Waals surface area contributed by atoms with E-state index in [1.807, 2.05) is 11.8 Å². The highest BCUT2D eigenvalue weighted by Crippen LogP contribution is 2.35. The Hall–Kier alpha value is -1.70. The van der Waals surface area contributed by atoms with E-state index in [1.165, 1.54) is 11.0 Å². The zero-order valence-corrected chi connectivity index (χ0v) is 13.6. The minimum Gasteiger partial charge on any atom is -0.377 e. The van der Waals surface area contributed by atoms with Crippen molar-refractivity contribution in [2.75, 3.05) is 36.1 Å². The van der Waals surface area contributed by atoms with Gasteiger partial charge in [0.1, 0.15) is 11.9 Å². The molecule has 2 saturated heterocycles. The fraction of sp³-hybridized carbons (Fsp3) is 0.688. The van der Waals surface area contributed by atoms with Crippen LogP contribution in [0.4, 0.5) is 24.7 Å². The highest BCUT2D eigenvalue weighted by molar-refractivity contribution is 5.56. The van der Waals surface area contributed by atoms with E-state index in [9.17, 15) is 18.0 Å². The van der Waals surface area contributed by atoms with Gasteiger partial charge in [0, 0.05) is 37.0 Å². The third-order valence-corrected chi connectivity index (χ3v) is 4.70. The maximum absolute atomic E-state index is 13.3. The Bertz CT molecular complexity index is 632. The van der Waals surface area contributed by atoms with Crippen LogP contribution in [-0.2, 0) is 4.74 Å². The molecule has 0 radical (unpaired) electrons. The number of aromatic nitrogens is 1. The van der Waals surface area contributed by atoms with Gasteiger partial charge >= 0.3 is 6.18 Å². The van der Waals surface area contributed by atoms with Crippen molar-refractivity contribution in [1.82, 2.24) is 4.98 Å². The van der Waals surface area contributed by atoms with Crippen LogP contribution in [-0.4, -0.2) is 49.5 Å². The summed E-state index contributed by atoms with van der Waals surface area (Å²) in [7, 11) is 0. The quantitative estimate of drug-likeness (QED) is 0.895. The topological polar surface area (TPSA) is 48.6 Å². The van der Waals surface area contributed by atoms with Gasteiger partial charge in [-0.05, 0) is 26.2 Å². The third-order valence-electron chi connectivity index (χ3n) is 4.70. The van der Waals surface area contributed by atoms with Crippen LogP contribution in [0.3, 0.4) is 0 Å². The van der Waals surface area contributed by atoms with E-state index in [4.69, 9.17) is 4.74 Å². The molecule has 8 heteroatoms. The van der Waals surface area contributed by atoms with Crippen molar-refractivity contribution in [3.63, 3.8) is 0 Å². The number of nitrogens with one attached hydrogen (secondary N) is 1. The Morgan fingerprint density at radius 2 is 2.00 bits per heavy atom. The van der Waals surface area contributed by atoms with E-state index >= 15 is 0 Å². The molecule has 0 aliphatic carbocycles. The summed E-state index contributed by atoms with van der Waals surface area (Å²) in [6.07, 6.45) is -3.01. The number of hydrogen-bond donors (Lipinski definition) is 1. The molecule has 0 bridgehead atoms. The fourth-order valence-electron chi connectivity index (χ4n) is 3.51. The van der Waals surface area contributed by atoms with Crippen LogP contribution in [0.15, 0.2) is 16.9 Å². The van der Waals surface area contributed by atoms with Crippen molar-refractivity contribution in [1.29, 1.82) is 0 Å². The van der Waals surface area contributed by atoms with E-state index in [0.29, 0.717) is 44.8 Å². The van der Waals surface area contributed by atoms with Crippen molar-refractivity contribution in [3.05, 3.63) is 22.5 Å². The number of pyridine rings is 1. The van der Waals surface area contributed by atoms with Gasteiger partial charge < -0.3 is 19.5 Å². The molecule has 0 amide bonds. The molecule has 5 nitrogen and oxygen atoms in total. The molecule has 2 aliphatic rings. The minimum absolute atomic E-state index is 0.0592. The number of ether oxygens (including phenoxy) is 1. The fourth-order valence-corrected chi connectivity index (χ4v) is 3.51. The first-order valence-corrected chi connectivity index (χ1v) is 8.28. The van der Waals surface area contributed by atoms with Gasteiger partial charge in [0.25, 0.3) is 5.56 Å². The summed E-state index contributed by atoms with van der Waals surface area (Å²) in [6.45, 7) is 3.97. The molecular formula is C16H22F3N3O2. The van der Waals surface area contributed by atoms with Crippen LogP contribution in [0.1, 0.15) is 26.2 Å². The van der Waals surface area contributed by atoms with Crippen LogP contribution >= 0.6 is 0 Å². The predicted molar refractivity (Wildman–Crippen MR) is 85.7 cm³/mol. The van der Waals surface area contributed by atoms with Crippen molar-refractivity contribution in [2.24, 2.45) is 0 Å². The van der Waals surface area contributed by atoms with Gasteiger partial charge in [0.15, 0.2) is 0 Å². The van der Waals surface area contributed by atoms with Crippen molar-refractivity contribution < 1.29 is 17.9 Å². The van der Waals surface area contributed by atoms with Gasteiger partial charge in [-0.25, -0.2) is 0 Å². The monoisotopic (exact) mass is 345 g/mol. The normalized spacial score (nSPS) is 25.8. The molecule has 3 rings (SSSR count). The zero-order chi connectivity index (χ0) is 17.3. The van der Waals surface area contributed by atoms with E-state index in [1.54, 1.807) is 6.07 Å². The number of piperidine rings is 1. The molecule has 1 N–H and O–H groups in total. The summed E-state index contributed by atoms with van der Waals surface area (Å²) in [5.41, 5.74) is 0.267. The molecule has 0 unspecified atom stereocenters. The van der Waals surface area contributed by atoms with E-state index in [0.717, 1.165) is 0 Å². The van der Waals surface area contributed by atoms with Gasteiger partial charge in [-0.15, -0.1) is 0 Å². The van der Waals surface area contributed by atoms with Gasteiger partial charge in [-0.1, -0.05) is 0 Å². The van der Waals surface area contributed by atoms with Crippen molar-refractivity contribution in [2.45, 2.75) is 44.4 Å². The first-order chi connectivity index (χ1) is 11.4. The molecule has 24 heavy (non-hydrogen) atoms. The number of hydrogen-bond acceptors (Lipinski definition) is 4. The Morgan fingerprint density at radius 3 is 2.71 bits per heavy atom. The number of morpholine rings is 1. The molecule has 0 spiro atoms. The van der Waals surface area contributed by atoms with E-state index in [-0.39, 0.29) is 23.8 Å². The van der Waals surface area contributed by atoms with E-state index < -0.39 is 12.2 Å². The molecule has 1 aromatic heterocycles. The van der Waals surface area contributed by atoms with Gasteiger partial charge in [0.2, 0.25) is 0 Å². The number of nitrogens with zero attached hydrogens (tertiary/aromatic N) is 2. The first-order valence-electron chi connectivity index (χ1n) is 8.28. The molecule has 0 aromatic carbocycles. The average Bonchev–Trinajstić information content (AvgIpc) is 2.54. The second-order valence-corrected chi connectivity index (χ2v) is 6.45. The largest absolute Gasteiger partial charge is 0.408 e. The summed E-state index contributed by atoms with van der Waals surface area (Å²) in [4.78, 5) is 17.9. The number of alkyl halides is 3. The smallest absolute Gasteiger partial charge is 0.377 e. The minimum atomic E-state index is -4.31. The average molecular weight is 345 g/mol. The first kappa shape index (κ1) is 17.1. The van der Waals surface area contributed by atoms with Crippen LogP contribution < -0.4 is 15.4 Å². The molecule has 2 atom stereocenters. The van der Waals surface area contributed by atoms with Gasteiger partial charge in [-0.2, -0.15) is 13.2 Å². The lowest BCUT2D eigenvalue weighted by molar-refractivity contribution is -0.152. The van der Waals surface area contributed by atoms with Gasteiger partial charge in [-0.3, -0.25) is 4.79 Å². The van der Waals surface area contributed by atoms with Crippen molar-refractivity contribution in [3.8, 4) is 0 Å². The predicted octanol–water partition coefficient (Wildman–Crippen LogP) is 2.52. The Morgan fingerprint density at radius 1 is 1.21 bits per heavy atom. The standard InChI is InChI=1S/C16H22F3N3O2/c1-11-10-24-7-6-21(11)12-8-14(20-15(23)9-12)22-5-3-2-4-13(22)16(17,18)19/h8-9,11,13H,2-7,10H2,1H3,(H,20,23)/t11-,13-/m0/s1. The molecule has 134 valence electrons. The van der Waals surface area contributed by atoms with Crippen LogP contribution in [0, 0.1) is 0 Å². The third kappa shape index (κ3) is 3.53. The molecule has 3 heterocycles. The van der Waals surface area contributed by atoms with Crippen LogP contribution in [0.2, 0.25) is 0 Å². The second-order valence-electron chi connectivity index (χ2n) is 6.45. The summed E-state index contributed by atoms with van der Waals surface area (Å²) in [5.74, 6) is 0.248. The summed E-state index contributed by atoms with van der Waals surface area (Å²) in [6, 6.07) is 1.64. The van der Waals surface area contributed by atoms with Crippen LogP contribution in [0.25, 0.3) is 0 Å². The summed E-state index contributed by atoms with van der Waals surface area (Å²) >= 11 is 0. The number of rotatable bonds is 2. The molecule has 0 saturated carbocycles. The highest BCUT2D eigenvalue weighted by atomic mass is 19.4. The Labute approximate surface area is 138 Å². The SMILES string of the molecule is C[C@H]1COCCN1c1cc(N2CCCC[C@H]2C(F)(F)F)[nH]c(=O)c1.